The van der Waals surface area contributed by atoms with Crippen molar-refractivity contribution in [2.45, 2.75) is 6.92 Å². The average molecular weight is 317 g/mol. The van der Waals surface area contributed by atoms with Gasteiger partial charge in [0.2, 0.25) is 0 Å². The van der Waals surface area contributed by atoms with Crippen molar-refractivity contribution < 1.29 is 4.79 Å². The monoisotopic (exact) mass is 317 g/mol. The zero-order valence-electron chi connectivity index (χ0n) is 14.4. The number of nitrogens with zero attached hydrogens (tertiary/aromatic N) is 1. The molecule has 0 bridgehead atoms. The first-order valence-electron chi connectivity index (χ1n) is 7.95. The van der Waals surface area contributed by atoms with Gasteiger partial charge in [-0.1, -0.05) is 66.3 Å². The van der Waals surface area contributed by atoms with Crippen LogP contribution in [0.25, 0.3) is 12.2 Å². The van der Waals surface area contributed by atoms with Crippen molar-refractivity contribution in [3.8, 4) is 0 Å². The van der Waals surface area contributed by atoms with E-state index in [1.165, 1.54) is 5.56 Å². The van der Waals surface area contributed by atoms with Gasteiger partial charge in [0.25, 0.3) is 0 Å². The molecule has 2 aromatic rings. The first-order valence-corrected chi connectivity index (χ1v) is 7.95. The minimum atomic E-state index is -0.0276. The summed E-state index contributed by atoms with van der Waals surface area (Å²) >= 11 is 0. The number of hydrogen-bond donors (Lipinski definition) is 0. The molecule has 0 amide bonds. The second-order valence-electron chi connectivity index (χ2n) is 5.85. The molecule has 2 nitrogen and oxygen atoms in total. The van der Waals surface area contributed by atoms with Gasteiger partial charge >= 0.3 is 0 Å². The summed E-state index contributed by atoms with van der Waals surface area (Å²) in [7, 11) is 4.01. The van der Waals surface area contributed by atoms with Gasteiger partial charge in [-0.15, -0.1) is 0 Å². The topological polar surface area (TPSA) is 20.3 Å². The highest BCUT2D eigenvalue weighted by atomic mass is 16.1. The molecule has 2 aromatic carbocycles. The van der Waals surface area contributed by atoms with Gasteiger partial charge in [0.1, 0.15) is 0 Å². The highest BCUT2D eigenvalue weighted by molar-refractivity contribution is 6.02. The minimum Gasteiger partial charge on any atom is -0.378 e. The van der Waals surface area contributed by atoms with Gasteiger partial charge in [-0.05, 0) is 42.3 Å². The predicted molar refractivity (Wildman–Crippen MR) is 104 cm³/mol. The lowest BCUT2D eigenvalue weighted by Crippen LogP contribution is -2.07. The van der Waals surface area contributed by atoms with E-state index in [1.54, 1.807) is 18.2 Å². The van der Waals surface area contributed by atoms with E-state index in [1.807, 2.05) is 61.5 Å². The van der Waals surface area contributed by atoms with E-state index in [-0.39, 0.29) is 5.78 Å². The molecule has 0 radical (unpaired) electrons. The number of anilines is 1. The Morgan fingerprint density at radius 2 is 1.38 bits per heavy atom. The number of rotatable bonds is 6. The summed E-state index contributed by atoms with van der Waals surface area (Å²) in [6.45, 7) is 2.06. The van der Waals surface area contributed by atoms with Crippen LogP contribution in [0.3, 0.4) is 0 Å². The molecule has 0 N–H and O–H groups in total. The number of allylic oxidation sites excluding steroid dienone is 4. The minimum absolute atomic E-state index is 0.0276. The van der Waals surface area contributed by atoms with Crippen LogP contribution in [0, 0.1) is 6.92 Å². The maximum Gasteiger partial charge on any atom is 0.178 e. The van der Waals surface area contributed by atoms with E-state index in [0.717, 1.165) is 16.8 Å². The molecule has 0 atom stereocenters. The largest absolute Gasteiger partial charge is 0.378 e. The molecule has 0 aliphatic carbocycles. The van der Waals surface area contributed by atoms with E-state index in [4.69, 9.17) is 0 Å². The van der Waals surface area contributed by atoms with Crippen molar-refractivity contribution in [1.29, 1.82) is 0 Å². The van der Waals surface area contributed by atoms with Crippen LogP contribution in [0.5, 0.6) is 0 Å². The molecule has 0 heterocycles. The van der Waals surface area contributed by atoms with Crippen molar-refractivity contribution >= 4 is 23.6 Å². The van der Waals surface area contributed by atoms with E-state index < -0.39 is 0 Å². The van der Waals surface area contributed by atoms with Crippen molar-refractivity contribution in [1.82, 2.24) is 0 Å². The molecular formula is C22H23NO. The Hall–Kier alpha value is -2.87. The van der Waals surface area contributed by atoms with Crippen LogP contribution in [0.1, 0.15) is 16.7 Å². The fourth-order valence-electron chi connectivity index (χ4n) is 2.11. The number of carbonyl (C=O) groups is 1. The van der Waals surface area contributed by atoms with Gasteiger partial charge in [0.15, 0.2) is 5.78 Å². The number of aryl methyl sites for hydroxylation is 1. The van der Waals surface area contributed by atoms with Crippen molar-refractivity contribution in [2.24, 2.45) is 0 Å². The van der Waals surface area contributed by atoms with Gasteiger partial charge in [-0.3, -0.25) is 4.79 Å². The third-order valence-corrected chi connectivity index (χ3v) is 3.59. The summed E-state index contributed by atoms with van der Waals surface area (Å²) in [5.74, 6) is -0.0276. The second kappa shape index (κ2) is 8.68. The number of ketones is 1. The Balaban J connectivity index is 1.88. The summed E-state index contributed by atoms with van der Waals surface area (Å²) in [6.07, 6.45) is 10.6. The summed E-state index contributed by atoms with van der Waals surface area (Å²) < 4.78 is 0. The van der Waals surface area contributed by atoms with Crippen LogP contribution in [0.2, 0.25) is 0 Å². The first-order chi connectivity index (χ1) is 11.5. The zero-order chi connectivity index (χ0) is 17.4. The van der Waals surface area contributed by atoms with Crippen LogP contribution in [0.4, 0.5) is 5.69 Å². The molecule has 2 heteroatoms. The maximum atomic E-state index is 11.8. The molecule has 0 unspecified atom stereocenters. The SMILES string of the molecule is Cc1ccc(/C=C/C=C/C(=O)/C=C/c2ccc(N(C)C)cc2)cc1. The van der Waals surface area contributed by atoms with Gasteiger partial charge in [0.05, 0.1) is 0 Å². The Morgan fingerprint density at radius 3 is 2.00 bits per heavy atom. The third-order valence-electron chi connectivity index (χ3n) is 3.59. The van der Waals surface area contributed by atoms with Crippen LogP contribution in [-0.4, -0.2) is 19.9 Å². The molecule has 0 saturated heterocycles. The summed E-state index contributed by atoms with van der Waals surface area (Å²) in [6, 6.07) is 16.3. The highest BCUT2D eigenvalue weighted by Gasteiger charge is 1.94. The fourth-order valence-corrected chi connectivity index (χ4v) is 2.11. The van der Waals surface area contributed by atoms with Crippen LogP contribution in [-0.2, 0) is 4.79 Å². The quantitative estimate of drug-likeness (QED) is 0.557. The molecule has 0 spiro atoms. The lowest BCUT2D eigenvalue weighted by Gasteiger charge is -2.11. The van der Waals surface area contributed by atoms with Crippen molar-refractivity contribution in [3.63, 3.8) is 0 Å². The Bertz CT molecular complexity index is 748. The van der Waals surface area contributed by atoms with Gasteiger partial charge in [0, 0.05) is 19.8 Å². The Morgan fingerprint density at radius 1 is 0.792 bits per heavy atom. The highest BCUT2D eigenvalue weighted by Crippen LogP contribution is 2.13. The smallest absolute Gasteiger partial charge is 0.178 e. The number of carbonyl (C=O) groups excluding carboxylic acids is 1. The van der Waals surface area contributed by atoms with Gasteiger partial charge < -0.3 is 4.90 Å². The lowest BCUT2D eigenvalue weighted by molar-refractivity contribution is -0.110. The number of hydrogen-bond acceptors (Lipinski definition) is 2. The first kappa shape index (κ1) is 17.5. The van der Waals surface area contributed by atoms with E-state index in [0.29, 0.717) is 0 Å². The zero-order valence-corrected chi connectivity index (χ0v) is 14.4. The molecule has 0 aromatic heterocycles. The fraction of sp³-hybridized carbons (Fsp3) is 0.136. The summed E-state index contributed by atoms with van der Waals surface area (Å²) in [5.41, 5.74) is 4.51. The van der Waals surface area contributed by atoms with Crippen LogP contribution >= 0.6 is 0 Å². The predicted octanol–water partition coefficient (Wildman–Crippen LogP) is 4.91. The molecule has 0 aliphatic rings. The third kappa shape index (κ3) is 5.73. The Labute approximate surface area is 144 Å². The van der Waals surface area contributed by atoms with Crippen LogP contribution < -0.4 is 4.90 Å². The van der Waals surface area contributed by atoms with E-state index in [9.17, 15) is 4.79 Å². The van der Waals surface area contributed by atoms with Gasteiger partial charge in [-0.2, -0.15) is 0 Å². The average Bonchev–Trinajstić information content (AvgIpc) is 2.59. The molecule has 0 fully saturated rings. The normalized spacial score (nSPS) is 11.6. The van der Waals surface area contributed by atoms with Gasteiger partial charge in [-0.25, -0.2) is 0 Å². The lowest BCUT2D eigenvalue weighted by atomic mass is 10.1. The Kier molecular flexibility index (Phi) is 6.32. The standard InChI is InChI=1S/C22H23NO/c1-18-8-10-19(11-9-18)6-4-5-7-22(24)17-14-20-12-15-21(16-13-20)23(2)3/h4-17H,1-3H3/b6-4+,7-5+,17-14+. The van der Waals surface area contributed by atoms with Crippen LogP contribution in [0.15, 0.2) is 72.8 Å². The molecule has 122 valence electrons. The molecule has 0 aliphatic heterocycles. The molecule has 2 rings (SSSR count). The number of benzene rings is 2. The second-order valence-corrected chi connectivity index (χ2v) is 5.85. The van der Waals surface area contributed by atoms with E-state index in [2.05, 4.69) is 31.2 Å². The molecule has 24 heavy (non-hydrogen) atoms. The van der Waals surface area contributed by atoms with Crippen molar-refractivity contribution in [3.05, 3.63) is 89.5 Å². The maximum absolute atomic E-state index is 11.8. The summed E-state index contributed by atoms with van der Waals surface area (Å²) in [5, 5.41) is 0. The van der Waals surface area contributed by atoms with E-state index >= 15 is 0 Å². The molecular weight excluding hydrogens is 294 g/mol. The summed E-state index contributed by atoms with van der Waals surface area (Å²) in [4.78, 5) is 13.9. The van der Waals surface area contributed by atoms with Crippen molar-refractivity contribution in [2.75, 3.05) is 19.0 Å². The molecule has 0 saturated carbocycles.